The molecule has 0 N–H and O–H groups in total. The minimum absolute atomic E-state index is 0.0933. The van der Waals surface area contributed by atoms with E-state index in [2.05, 4.69) is 0 Å². The van der Waals surface area contributed by atoms with E-state index in [1.54, 1.807) is 52.8 Å². The number of nitrogens with zero attached hydrogens (tertiary/aromatic N) is 2. The Morgan fingerprint density at radius 3 is 1.81 bits per heavy atom. The highest BCUT2D eigenvalue weighted by molar-refractivity contribution is 7.89. The van der Waals surface area contributed by atoms with Crippen LogP contribution in [0, 0.1) is 19.8 Å². The van der Waals surface area contributed by atoms with Crippen molar-refractivity contribution in [2.45, 2.75) is 62.4 Å². The summed E-state index contributed by atoms with van der Waals surface area (Å²) in [5, 5.41) is 0. The van der Waals surface area contributed by atoms with Crippen molar-refractivity contribution in [1.82, 2.24) is 8.61 Å². The molecular weight excluding hydrogens is 444 g/mol. The normalized spacial score (nSPS) is 22.2. The molecule has 6 nitrogen and oxygen atoms in total. The largest absolute Gasteiger partial charge is 0.269 e. The Kier molecular flexibility index (Phi) is 5.98. The van der Waals surface area contributed by atoms with Gasteiger partial charge in [-0.25, -0.2) is 16.8 Å². The summed E-state index contributed by atoms with van der Waals surface area (Å²) in [6, 6.07) is 12.9. The minimum atomic E-state index is -3.80. The van der Waals surface area contributed by atoms with E-state index in [9.17, 15) is 16.8 Å². The number of hydrogen-bond acceptors (Lipinski definition) is 4. The van der Waals surface area contributed by atoms with Crippen LogP contribution in [0.3, 0.4) is 0 Å². The monoisotopic (exact) mass is 474 g/mol. The van der Waals surface area contributed by atoms with Gasteiger partial charge in [0.05, 0.1) is 15.8 Å². The number of aryl methyl sites for hydroxylation is 2. The lowest BCUT2D eigenvalue weighted by molar-refractivity contribution is 0.210. The maximum Gasteiger partial charge on any atom is 0.264 e. The quantitative estimate of drug-likeness (QED) is 0.655. The fourth-order valence-electron chi connectivity index (χ4n) is 4.59. The SMILES string of the molecule is Cc1ccc(S(=O)(=O)N2CC[C@@H]3C2=CC[C@H](C(C)C)N3S(=O)(=O)c2ccc(C)cc2)cc1. The number of benzene rings is 2. The first kappa shape index (κ1) is 23.0. The molecule has 2 aliphatic heterocycles. The molecule has 1 saturated heterocycles. The van der Waals surface area contributed by atoms with Crippen molar-refractivity contribution >= 4 is 20.0 Å². The van der Waals surface area contributed by atoms with Crippen molar-refractivity contribution in [3.63, 3.8) is 0 Å². The Morgan fingerprint density at radius 2 is 1.31 bits per heavy atom. The smallest absolute Gasteiger partial charge is 0.264 e. The molecule has 0 aliphatic carbocycles. The maximum absolute atomic E-state index is 13.8. The Morgan fingerprint density at radius 1 is 0.812 bits per heavy atom. The second-order valence-electron chi connectivity index (χ2n) is 9.02. The van der Waals surface area contributed by atoms with Gasteiger partial charge in [-0.05, 0) is 56.9 Å². The van der Waals surface area contributed by atoms with Gasteiger partial charge in [-0.2, -0.15) is 4.31 Å². The first-order valence-corrected chi connectivity index (χ1v) is 13.8. The Hall–Kier alpha value is -2.16. The van der Waals surface area contributed by atoms with Crippen LogP contribution < -0.4 is 0 Å². The van der Waals surface area contributed by atoms with E-state index in [1.165, 1.54) is 4.31 Å². The van der Waals surface area contributed by atoms with E-state index in [4.69, 9.17) is 0 Å². The zero-order valence-electron chi connectivity index (χ0n) is 18.9. The van der Waals surface area contributed by atoms with Gasteiger partial charge < -0.3 is 0 Å². The van der Waals surface area contributed by atoms with Crippen LogP contribution in [0.4, 0.5) is 0 Å². The van der Waals surface area contributed by atoms with E-state index in [-0.39, 0.29) is 28.3 Å². The second kappa shape index (κ2) is 8.32. The van der Waals surface area contributed by atoms with Crippen molar-refractivity contribution < 1.29 is 16.8 Å². The molecule has 0 radical (unpaired) electrons. The number of hydrogen-bond donors (Lipinski definition) is 0. The molecule has 2 atom stereocenters. The molecule has 2 aromatic rings. The molecule has 8 heteroatoms. The predicted octanol–water partition coefficient (Wildman–Crippen LogP) is 4.07. The van der Waals surface area contributed by atoms with Crippen LogP contribution in [0.5, 0.6) is 0 Å². The van der Waals surface area contributed by atoms with Crippen LogP contribution in [0.2, 0.25) is 0 Å². The molecule has 172 valence electrons. The van der Waals surface area contributed by atoms with E-state index < -0.39 is 26.1 Å². The molecule has 2 aliphatic rings. The molecule has 0 bridgehead atoms. The van der Waals surface area contributed by atoms with Crippen molar-refractivity contribution in [3.05, 3.63) is 71.4 Å². The number of fused-ring (bicyclic) bond motifs is 1. The van der Waals surface area contributed by atoms with E-state index in [0.717, 1.165) is 11.1 Å². The van der Waals surface area contributed by atoms with E-state index in [1.807, 2.05) is 33.8 Å². The number of sulfonamides is 2. The van der Waals surface area contributed by atoms with Gasteiger partial charge >= 0.3 is 0 Å². The summed E-state index contributed by atoms with van der Waals surface area (Å²) in [7, 11) is -7.55. The lowest BCUT2D eigenvalue weighted by Crippen LogP contribution is -2.51. The average molecular weight is 475 g/mol. The molecule has 32 heavy (non-hydrogen) atoms. The molecule has 0 spiro atoms. The van der Waals surface area contributed by atoms with Crippen molar-refractivity contribution in [3.8, 4) is 0 Å². The first-order valence-electron chi connectivity index (χ1n) is 10.9. The fraction of sp³-hybridized carbons (Fsp3) is 0.417. The summed E-state index contributed by atoms with van der Waals surface area (Å²) in [6.45, 7) is 8.11. The van der Waals surface area contributed by atoms with Gasteiger partial charge in [-0.3, -0.25) is 4.31 Å². The van der Waals surface area contributed by atoms with Gasteiger partial charge in [0, 0.05) is 18.3 Å². The third kappa shape index (κ3) is 3.89. The van der Waals surface area contributed by atoms with Crippen molar-refractivity contribution in [2.75, 3.05) is 6.54 Å². The lowest BCUT2D eigenvalue weighted by Gasteiger charge is -2.41. The molecule has 0 unspecified atom stereocenters. The van der Waals surface area contributed by atoms with Gasteiger partial charge in [0.25, 0.3) is 10.0 Å². The molecule has 2 heterocycles. The Labute approximate surface area is 191 Å². The lowest BCUT2D eigenvalue weighted by atomic mass is 9.94. The first-order chi connectivity index (χ1) is 15.0. The average Bonchev–Trinajstić information content (AvgIpc) is 3.18. The summed E-state index contributed by atoms with van der Waals surface area (Å²) < 4.78 is 57.3. The van der Waals surface area contributed by atoms with Crippen LogP contribution in [-0.4, -0.2) is 44.1 Å². The standard InChI is InChI=1S/C24H30N2O4S2/c1-17(2)22-13-14-23-24(26(22)32(29,30)21-11-7-19(4)8-12-21)15-16-25(23)31(27,28)20-9-5-18(3)6-10-20/h5-12,14,17,22,24H,13,15-16H2,1-4H3/t22-,24-/m1/s1. The fourth-order valence-corrected chi connectivity index (χ4v) is 8.11. The second-order valence-corrected chi connectivity index (χ2v) is 12.7. The van der Waals surface area contributed by atoms with E-state index in [0.29, 0.717) is 18.5 Å². The summed E-state index contributed by atoms with van der Waals surface area (Å²) in [4.78, 5) is 0.471. The molecule has 0 saturated carbocycles. The summed E-state index contributed by atoms with van der Waals surface area (Å²) in [5.41, 5.74) is 2.54. The van der Waals surface area contributed by atoms with Crippen LogP contribution in [0.25, 0.3) is 0 Å². The molecular formula is C24H30N2O4S2. The maximum atomic E-state index is 13.8. The minimum Gasteiger partial charge on any atom is -0.269 e. The third-order valence-electron chi connectivity index (χ3n) is 6.41. The van der Waals surface area contributed by atoms with Crippen molar-refractivity contribution in [2.24, 2.45) is 5.92 Å². The highest BCUT2D eigenvalue weighted by Gasteiger charge is 2.48. The molecule has 4 rings (SSSR count). The van der Waals surface area contributed by atoms with Crippen LogP contribution in [0.1, 0.15) is 37.8 Å². The van der Waals surface area contributed by atoms with Gasteiger partial charge in [0.1, 0.15) is 0 Å². The number of rotatable bonds is 5. The highest BCUT2D eigenvalue weighted by atomic mass is 32.2. The van der Waals surface area contributed by atoms with Gasteiger partial charge in [0.15, 0.2) is 0 Å². The van der Waals surface area contributed by atoms with Crippen LogP contribution >= 0.6 is 0 Å². The summed E-state index contributed by atoms with van der Waals surface area (Å²) >= 11 is 0. The summed E-state index contributed by atoms with van der Waals surface area (Å²) in [5.74, 6) is 0.0933. The molecule has 0 aromatic heterocycles. The molecule has 1 fully saturated rings. The Balaban J connectivity index is 1.75. The van der Waals surface area contributed by atoms with Gasteiger partial charge in [-0.15, -0.1) is 0 Å². The Bertz CT molecular complexity index is 1230. The van der Waals surface area contributed by atoms with Gasteiger partial charge in [0.2, 0.25) is 10.0 Å². The van der Waals surface area contributed by atoms with E-state index >= 15 is 0 Å². The van der Waals surface area contributed by atoms with Crippen molar-refractivity contribution in [1.29, 1.82) is 0 Å². The topological polar surface area (TPSA) is 74.8 Å². The van der Waals surface area contributed by atoms with Crippen LogP contribution in [-0.2, 0) is 20.0 Å². The third-order valence-corrected chi connectivity index (χ3v) is 10.2. The molecule has 0 amide bonds. The zero-order valence-corrected chi connectivity index (χ0v) is 20.5. The van der Waals surface area contributed by atoms with Gasteiger partial charge in [-0.1, -0.05) is 55.3 Å². The summed E-state index contributed by atoms with van der Waals surface area (Å²) in [6.07, 6.45) is 2.84. The highest BCUT2D eigenvalue weighted by Crippen LogP contribution is 2.41. The predicted molar refractivity (Wildman–Crippen MR) is 125 cm³/mol. The molecule has 2 aromatic carbocycles. The van der Waals surface area contributed by atoms with Crippen LogP contribution in [0.15, 0.2) is 70.1 Å². The zero-order chi connectivity index (χ0) is 23.3.